The summed E-state index contributed by atoms with van der Waals surface area (Å²) in [6.45, 7) is 2.96. The summed E-state index contributed by atoms with van der Waals surface area (Å²) in [6.07, 6.45) is 3.86. The number of hydrogen-bond acceptors (Lipinski definition) is 5. The predicted octanol–water partition coefficient (Wildman–Crippen LogP) is 2.48. The number of rotatable bonds is 2. The van der Waals surface area contributed by atoms with E-state index in [1.54, 1.807) is 12.3 Å². The second kappa shape index (κ2) is 5.20. The number of nitrogens with one attached hydrogen (secondary N) is 1. The molecule has 0 saturated heterocycles. The Morgan fingerprint density at radius 3 is 3.00 bits per heavy atom. The number of amides is 1. The van der Waals surface area contributed by atoms with Gasteiger partial charge in [0.25, 0.3) is 5.91 Å². The maximum Gasteiger partial charge on any atom is 0.285 e. The Bertz CT molecular complexity index is 635. The highest BCUT2D eigenvalue weighted by Gasteiger charge is 2.22. The van der Waals surface area contributed by atoms with Crippen molar-refractivity contribution in [2.45, 2.75) is 19.8 Å². The van der Waals surface area contributed by atoms with Gasteiger partial charge < -0.3 is 10.2 Å². The van der Waals surface area contributed by atoms with Crippen molar-refractivity contribution in [1.29, 1.82) is 0 Å². The largest absolute Gasteiger partial charge is 0.359 e. The molecule has 0 spiro atoms. The van der Waals surface area contributed by atoms with Gasteiger partial charge in [0.15, 0.2) is 5.01 Å². The summed E-state index contributed by atoms with van der Waals surface area (Å²) >= 11 is 1.48. The van der Waals surface area contributed by atoms with Crippen LogP contribution in [0.2, 0.25) is 0 Å². The van der Waals surface area contributed by atoms with E-state index in [4.69, 9.17) is 0 Å². The number of fused-ring (bicyclic) bond motifs is 1. The van der Waals surface area contributed by atoms with E-state index in [-0.39, 0.29) is 5.91 Å². The smallest absolute Gasteiger partial charge is 0.285 e. The summed E-state index contributed by atoms with van der Waals surface area (Å²) in [7, 11) is 2.01. The number of aryl methyl sites for hydroxylation is 2. The maximum absolute atomic E-state index is 12.2. The Labute approximate surface area is 121 Å². The molecule has 2 aromatic heterocycles. The minimum Gasteiger partial charge on any atom is -0.359 e. The molecule has 0 saturated carbocycles. The Morgan fingerprint density at radius 1 is 1.45 bits per heavy atom. The van der Waals surface area contributed by atoms with Crippen LogP contribution in [0, 0.1) is 6.92 Å². The van der Waals surface area contributed by atoms with Crippen LogP contribution >= 0.6 is 11.3 Å². The lowest BCUT2D eigenvalue weighted by molar-refractivity contribution is 0.102. The summed E-state index contributed by atoms with van der Waals surface area (Å²) in [4.78, 5) is 24.1. The van der Waals surface area contributed by atoms with Crippen LogP contribution in [0.25, 0.3) is 0 Å². The highest BCUT2D eigenvalue weighted by molar-refractivity contribution is 7.14. The minimum absolute atomic E-state index is 0.186. The molecular weight excluding hydrogens is 272 g/mol. The summed E-state index contributed by atoms with van der Waals surface area (Å²) < 4.78 is 0. The van der Waals surface area contributed by atoms with Gasteiger partial charge in [-0.15, -0.1) is 11.3 Å². The second-order valence-corrected chi connectivity index (χ2v) is 6.05. The number of thiazole rings is 1. The monoisotopic (exact) mass is 288 g/mol. The minimum atomic E-state index is -0.186. The molecule has 1 aliphatic heterocycles. The third-order valence-corrected chi connectivity index (χ3v) is 4.39. The summed E-state index contributed by atoms with van der Waals surface area (Å²) in [5.74, 6) is 1.32. The van der Waals surface area contributed by atoms with Crippen molar-refractivity contribution >= 4 is 28.9 Å². The van der Waals surface area contributed by atoms with Gasteiger partial charge in [0, 0.05) is 24.7 Å². The topological polar surface area (TPSA) is 58.1 Å². The fraction of sp³-hybridized carbons (Fsp3) is 0.357. The molecule has 6 heteroatoms. The van der Waals surface area contributed by atoms with Crippen LogP contribution in [0.1, 0.15) is 26.7 Å². The molecule has 0 radical (unpaired) electrons. The third-order valence-electron chi connectivity index (χ3n) is 3.28. The van der Waals surface area contributed by atoms with E-state index in [0.29, 0.717) is 10.8 Å². The molecule has 3 heterocycles. The quantitative estimate of drug-likeness (QED) is 0.922. The molecular formula is C14H16N4OS. The molecule has 0 atom stereocenters. The first-order valence-electron chi connectivity index (χ1n) is 6.58. The van der Waals surface area contributed by atoms with Crippen LogP contribution in [-0.4, -0.2) is 29.5 Å². The van der Waals surface area contributed by atoms with E-state index in [0.717, 1.165) is 30.8 Å². The number of anilines is 2. The molecule has 0 aliphatic carbocycles. The zero-order chi connectivity index (χ0) is 14.1. The molecule has 3 rings (SSSR count). The highest BCUT2D eigenvalue weighted by atomic mass is 32.1. The van der Waals surface area contributed by atoms with Gasteiger partial charge >= 0.3 is 0 Å². The molecule has 0 bridgehead atoms. The summed E-state index contributed by atoms with van der Waals surface area (Å²) in [5, 5.41) is 3.29. The summed E-state index contributed by atoms with van der Waals surface area (Å²) in [5.41, 5.74) is 1.06. The Kier molecular flexibility index (Phi) is 3.40. The molecule has 0 unspecified atom stereocenters. The van der Waals surface area contributed by atoms with E-state index < -0.39 is 0 Å². The summed E-state index contributed by atoms with van der Waals surface area (Å²) in [6, 6.07) is 3.72. The lowest BCUT2D eigenvalue weighted by Gasteiger charge is -2.22. The first kappa shape index (κ1) is 13.1. The molecule has 0 aromatic carbocycles. The van der Waals surface area contributed by atoms with Crippen LogP contribution in [0.5, 0.6) is 0 Å². The molecule has 1 amide bonds. The second-order valence-electron chi connectivity index (χ2n) is 4.97. The number of carbonyl (C=O) groups is 1. The number of pyridine rings is 1. The van der Waals surface area contributed by atoms with Gasteiger partial charge in [0.1, 0.15) is 11.6 Å². The molecule has 1 N–H and O–H groups in total. The van der Waals surface area contributed by atoms with Gasteiger partial charge in [-0.2, -0.15) is 0 Å². The predicted molar refractivity (Wildman–Crippen MR) is 80.6 cm³/mol. The van der Waals surface area contributed by atoms with Gasteiger partial charge in [0.2, 0.25) is 0 Å². The van der Waals surface area contributed by atoms with Crippen molar-refractivity contribution in [3.05, 3.63) is 33.8 Å². The number of hydrogen-bond donors (Lipinski definition) is 1. The standard InChI is InChI=1S/C14H16N4OS/c1-9-5-6-11(15-8-9)16-13(19)14-17-12-10(20-14)4-3-7-18(12)2/h5-6,8H,3-4,7H2,1-2H3,(H,15,16,19). The zero-order valence-corrected chi connectivity index (χ0v) is 12.3. The zero-order valence-electron chi connectivity index (χ0n) is 11.5. The van der Waals surface area contributed by atoms with Crippen molar-refractivity contribution in [3.63, 3.8) is 0 Å². The molecule has 104 valence electrons. The molecule has 5 nitrogen and oxygen atoms in total. The number of nitrogens with zero attached hydrogens (tertiary/aromatic N) is 3. The first-order valence-corrected chi connectivity index (χ1v) is 7.40. The van der Waals surface area contributed by atoms with Crippen LogP contribution < -0.4 is 10.2 Å². The van der Waals surface area contributed by atoms with E-state index >= 15 is 0 Å². The molecule has 2 aromatic rings. The van der Waals surface area contributed by atoms with E-state index in [1.165, 1.54) is 16.2 Å². The fourth-order valence-electron chi connectivity index (χ4n) is 2.20. The molecule has 0 fully saturated rings. The van der Waals surface area contributed by atoms with Gasteiger partial charge in [-0.1, -0.05) is 6.07 Å². The fourth-order valence-corrected chi connectivity index (χ4v) is 3.24. The van der Waals surface area contributed by atoms with Crippen LogP contribution in [-0.2, 0) is 6.42 Å². The Hall–Kier alpha value is -1.95. The number of carbonyl (C=O) groups excluding carboxylic acids is 1. The van der Waals surface area contributed by atoms with E-state index in [1.807, 2.05) is 20.0 Å². The van der Waals surface area contributed by atoms with Gasteiger partial charge in [-0.25, -0.2) is 9.97 Å². The highest BCUT2D eigenvalue weighted by Crippen LogP contribution is 2.30. The lowest BCUT2D eigenvalue weighted by atomic mass is 10.2. The SMILES string of the molecule is Cc1ccc(NC(=O)c2nc3c(s2)CCCN3C)nc1. The van der Waals surface area contributed by atoms with Gasteiger partial charge in [-0.05, 0) is 31.4 Å². The van der Waals surface area contributed by atoms with Crippen molar-refractivity contribution in [3.8, 4) is 0 Å². The van der Waals surface area contributed by atoms with Gasteiger partial charge in [0.05, 0.1) is 0 Å². The maximum atomic E-state index is 12.2. The van der Waals surface area contributed by atoms with Crippen LogP contribution in [0.4, 0.5) is 11.6 Å². The third kappa shape index (κ3) is 2.51. The van der Waals surface area contributed by atoms with E-state index in [2.05, 4.69) is 20.2 Å². The molecule has 1 aliphatic rings. The number of aromatic nitrogens is 2. The van der Waals surface area contributed by atoms with Crippen molar-refractivity contribution < 1.29 is 4.79 Å². The van der Waals surface area contributed by atoms with E-state index in [9.17, 15) is 4.79 Å². The van der Waals surface area contributed by atoms with Crippen molar-refractivity contribution in [1.82, 2.24) is 9.97 Å². The lowest BCUT2D eigenvalue weighted by Crippen LogP contribution is -2.24. The van der Waals surface area contributed by atoms with Crippen LogP contribution in [0.15, 0.2) is 18.3 Å². The Balaban J connectivity index is 1.79. The molecule has 20 heavy (non-hydrogen) atoms. The van der Waals surface area contributed by atoms with Gasteiger partial charge in [-0.3, -0.25) is 4.79 Å². The van der Waals surface area contributed by atoms with Crippen molar-refractivity contribution in [2.75, 3.05) is 23.8 Å². The van der Waals surface area contributed by atoms with Crippen LogP contribution in [0.3, 0.4) is 0 Å². The first-order chi connectivity index (χ1) is 9.63. The van der Waals surface area contributed by atoms with Crippen molar-refractivity contribution in [2.24, 2.45) is 0 Å². The average molecular weight is 288 g/mol. The average Bonchev–Trinajstić information content (AvgIpc) is 2.87. The normalized spacial score (nSPS) is 14.0. The Morgan fingerprint density at radius 2 is 2.30 bits per heavy atom.